The highest BCUT2D eigenvalue weighted by Crippen LogP contribution is 2.26. The molecule has 2 heterocycles. The van der Waals surface area contributed by atoms with E-state index in [1.54, 1.807) is 0 Å². The van der Waals surface area contributed by atoms with Gasteiger partial charge in [0.25, 0.3) is 5.91 Å². The van der Waals surface area contributed by atoms with Crippen LogP contribution in [0.15, 0.2) is 0 Å². The van der Waals surface area contributed by atoms with Crippen molar-refractivity contribution < 1.29 is 19.1 Å². The maximum Gasteiger partial charge on any atom is 0.268 e. The van der Waals surface area contributed by atoms with Gasteiger partial charge in [0.15, 0.2) is 5.78 Å². The molecule has 1 atom stereocenters. The van der Waals surface area contributed by atoms with Crippen LogP contribution in [0.4, 0.5) is 0 Å². The maximum absolute atomic E-state index is 12.3. The SMILES string of the molecule is Cc1c(C(=O)NCCCOCC2CCCO2)[nH]c2c1C(=O)CCC2. The van der Waals surface area contributed by atoms with Crippen LogP contribution < -0.4 is 5.32 Å². The number of ether oxygens (including phenoxy) is 2. The van der Waals surface area contributed by atoms with Gasteiger partial charge in [-0.3, -0.25) is 9.59 Å². The fourth-order valence-electron chi connectivity index (χ4n) is 3.46. The van der Waals surface area contributed by atoms with Crippen molar-refractivity contribution >= 4 is 11.7 Å². The Morgan fingerprint density at radius 2 is 2.25 bits per heavy atom. The highest BCUT2D eigenvalue weighted by Gasteiger charge is 2.26. The normalized spacial score (nSPS) is 20.2. The van der Waals surface area contributed by atoms with Gasteiger partial charge < -0.3 is 19.8 Å². The maximum atomic E-state index is 12.3. The number of aromatic amines is 1. The molecule has 1 unspecified atom stereocenters. The number of hydrogen-bond acceptors (Lipinski definition) is 4. The van der Waals surface area contributed by atoms with Crippen LogP contribution in [0.3, 0.4) is 0 Å². The third kappa shape index (κ3) is 3.87. The van der Waals surface area contributed by atoms with Crippen LogP contribution in [0.5, 0.6) is 0 Å². The molecule has 1 amide bonds. The van der Waals surface area contributed by atoms with Crippen molar-refractivity contribution in [3.8, 4) is 0 Å². The van der Waals surface area contributed by atoms with Gasteiger partial charge in [-0.15, -0.1) is 0 Å². The summed E-state index contributed by atoms with van der Waals surface area (Å²) >= 11 is 0. The molecule has 0 bridgehead atoms. The third-order valence-corrected chi connectivity index (χ3v) is 4.74. The molecule has 2 aliphatic rings. The van der Waals surface area contributed by atoms with E-state index in [0.29, 0.717) is 31.9 Å². The first-order valence-corrected chi connectivity index (χ1v) is 8.89. The number of carbonyl (C=O) groups excluding carboxylic acids is 2. The number of carbonyl (C=O) groups is 2. The van der Waals surface area contributed by atoms with Crippen LogP contribution in [0.1, 0.15) is 64.2 Å². The predicted molar refractivity (Wildman–Crippen MR) is 89.5 cm³/mol. The number of amides is 1. The Labute approximate surface area is 142 Å². The van der Waals surface area contributed by atoms with E-state index in [4.69, 9.17) is 9.47 Å². The van der Waals surface area contributed by atoms with Crippen LogP contribution in [0.25, 0.3) is 0 Å². The summed E-state index contributed by atoms with van der Waals surface area (Å²) in [6, 6.07) is 0. The first-order valence-electron chi connectivity index (χ1n) is 8.89. The molecular weight excluding hydrogens is 308 g/mol. The van der Waals surface area contributed by atoms with E-state index in [0.717, 1.165) is 55.5 Å². The van der Waals surface area contributed by atoms with Crippen LogP contribution in [-0.2, 0) is 15.9 Å². The van der Waals surface area contributed by atoms with Crippen LogP contribution in [-0.4, -0.2) is 49.1 Å². The van der Waals surface area contributed by atoms with Crippen molar-refractivity contribution in [1.82, 2.24) is 10.3 Å². The standard InChI is InChI=1S/C18H26N2O4/c1-12-16-14(6-2-7-15(16)21)20-17(12)18(22)19-8-4-9-23-11-13-5-3-10-24-13/h13,20H,2-11H2,1H3,(H,19,22). The van der Waals surface area contributed by atoms with Gasteiger partial charge in [0.2, 0.25) is 0 Å². The van der Waals surface area contributed by atoms with E-state index < -0.39 is 0 Å². The number of fused-ring (bicyclic) bond motifs is 1. The second kappa shape index (κ2) is 7.94. The molecule has 0 aromatic carbocycles. The van der Waals surface area contributed by atoms with Crippen molar-refractivity contribution in [3.05, 3.63) is 22.5 Å². The summed E-state index contributed by atoms with van der Waals surface area (Å²) in [6.45, 7) is 4.49. The molecular formula is C18H26N2O4. The second-order valence-electron chi connectivity index (χ2n) is 6.57. The Bertz CT molecular complexity index is 602. The van der Waals surface area contributed by atoms with Crippen molar-refractivity contribution in [3.63, 3.8) is 0 Å². The Balaban J connectivity index is 1.41. The molecule has 0 radical (unpaired) electrons. The van der Waals surface area contributed by atoms with Gasteiger partial charge in [-0.1, -0.05) is 0 Å². The lowest BCUT2D eigenvalue weighted by molar-refractivity contribution is 0.0166. The molecule has 1 aromatic heterocycles. The van der Waals surface area contributed by atoms with Crippen LogP contribution in [0, 0.1) is 6.92 Å². The minimum atomic E-state index is -0.145. The number of aromatic nitrogens is 1. The topological polar surface area (TPSA) is 80.4 Å². The molecule has 1 aromatic rings. The van der Waals surface area contributed by atoms with Gasteiger partial charge in [0, 0.05) is 37.4 Å². The Hall–Kier alpha value is -1.66. The summed E-state index contributed by atoms with van der Waals surface area (Å²) in [6.07, 6.45) is 5.47. The zero-order valence-electron chi connectivity index (χ0n) is 14.3. The van der Waals surface area contributed by atoms with E-state index in [2.05, 4.69) is 10.3 Å². The summed E-state index contributed by atoms with van der Waals surface area (Å²) in [5.74, 6) is 0.000378. The third-order valence-electron chi connectivity index (χ3n) is 4.74. The number of hydrogen-bond donors (Lipinski definition) is 2. The fourth-order valence-corrected chi connectivity index (χ4v) is 3.46. The molecule has 6 nitrogen and oxygen atoms in total. The number of H-pyrrole nitrogens is 1. The van der Waals surface area contributed by atoms with Gasteiger partial charge in [0.05, 0.1) is 12.7 Å². The van der Waals surface area contributed by atoms with Crippen molar-refractivity contribution in [2.24, 2.45) is 0 Å². The van der Waals surface area contributed by atoms with Gasteiger partial charge in [0.1, 0.15) is 5.69 Å². The number of rotatable bonds is 7. The molecule has 0 spiro atoms. The minimum Gasteiger partial charge on any atom is -0.379 e. The predicted octanol–water partition coefficient (Wildman–Crippen LogP) is 2.16. The quantitative estimate of drug-likeness (QED) is 0.749. The van der Waals surface area contributed by atoms with Gasteiger partial charge in [-0.05, 0) is 44.6 Å². The molecule has 1 saturated heterocycles. The highest BCUT2D eigenvalue weighted by molar-refractivity contribution is 6.04. The van der Waals surface area contributed by atoms with Crippen molar-refractivity contribution in [1.29, 1.82) is 0 Å². The van der Waals surface area contributed by atoms with E-state index in [-0.39, 0.29) is 17.8 Å². The first kappa shape index (κ1) is 17.2. The number of aryl methyl sites for hydroxylation is 1. The minimum absolute atomic E-state index is 0.145. The number of Topliss-reactive ketones (excluding diaryl/α,β-unsaturated/α-hetero) is 1. The summed E-state index contributed by atoms with van der Waals surface area (Å²) in [7, 11) is 0. The smallest absolute Gasteiger partial charge is 0.268 e. The monoisotopic (exact) mass is 334 g/mol. The molecule has 1 aliphatic heterocycles. The van der Waals surface area contributed by atoms with Crippen LogP contribution in [0.2, 0.25) is 0 Å². The van der Waals surface area contributed by atoms with Crippen LogP contribution >= 0.6 is 0 Å². The average Bonchev–Trinajstić information content (AvgIpc) is 3.19. The molecule has 1 fully saturated rings. The molecule has 1 aliphatic carbocycles. The number of ketones is 1. The first-order chi connectivity index (χ1) is 11.7. The fraction of sp³-hybridized carbons (Fsp3) is 0.667. The average molecular weight is 334 g/mol. The lowest BCUT2D eigenvalue weighted by Gasteiger charge is -2.10. The van der Waals surface area contributed by atoms with Gasteiger partial charge in [-0.2, -0.15) is 0 Å². The summed E-state index contributed by atoms with van der Waals surface area (Å²) in [4.78, 5) is 27.5. The van der Waals surface area contributed by atoms with E-state index in [1.807, 2.05) is 6.92 Å². The lowest BCUT2D eigenvalue weighted by Crippen LogP contribution is -2.26. The van der Waals surface area contributed by atoms with E-state index >= 15 is 0 Å². The molecule has 2 N–H and O–H groups in total. The van der Waals surface area contributed by atoms with Crippen molar-refractivity contribution in [2.45, 2.75) is 51.6 Å². The molecule has 24 heavy (non-hydrogen) atoms. The van der Waals surface area contributed by atoms with E-state index in [9.17, 15) is 9.59 Å². The molecule has 132 valence electrons. The van der Waals surface area contributed by atoms with Crippen molar-refractivity contribution in [2.75, 3.05) is 26.4 Å². The number of nitrogens with one attached hydrogen (secondary N) is 2. The largest absolute Gasteiger partial charge is 0.379 e. The summed E-state index contributed by atoms with van der Waals surface area (Å²) < 4.78 is 11.1. The Kier molecular flexibility index (Phi) is 5.68. The molecule has 3 rings (SSSR count). The zero-order valence-corrected chi connectivity index (χ0v) is 14.3. The molecule has 6 heteroatoms. The summed E-state index contributed by atoms with van der Waals surface area (Å²) in [5, 5.41) is 2.90. The zero-order chi connectivity index (χ0) is 16.9. The Morgan fingerprint density at radius 3 is 3.00 bits per heavy atom. The van der Waals surface area contributed by atoms with Gasteiger partial charge >= 0.3 is 0 Å². The summed E-state index contributed by atoms with van der Waals surface area (Å²) in [5.41, 5.74) is 2.94. The second-order valence-corrected chi connectivity index (χ2v) is 6.57. The Morgan fingerprint density at radius 1 is 1.38 bits per heavy atom. The highest BCUT2D eigenvalue weighted by atomic mass is 16.5. The molecule has 0 saturated carbocycles. The van der Waals surface area contributed by atoms with Gasteiger partial charge in [-0.25, -0.2) is 0 Å². The van der Waals surface area contributed by atoms with E-state index in [1.165, 1.54) is 0 Å². The lowest BCUT2D eigenvalue weighted by atomic mass is 9.94.